The summed E-state index contributed by atoms with van der Waals surface area (Å²) >= 11 is 0. The number of benzene rings is 1. The second kappa shape index (κ2) is 5.08. The summed E-state index contributed by atoms with van der Waals surface area (Å²) in [6, 6.07) is 8.48. The van der Waals surface area contributed by atoms with E-state index in [4.69, 9.17) is 4.42 Å². The van der Waals surface area contributed by atoms with Gasteiger partial charge in [0.1, 0.15) is 6.20 Å². The molecule has 4 nitrogen and oxygen atoms in total. The van der Waals surface area contributed by atoms with Crippen molar-refractivity contribution in [3.63, 3.8) is 0 Å². The summed E-state index contributed by atoms with van der Waals surface area (Å²) in [5, 5.41) is 2.22. The minimum absolute atomic E-state index is 0.335. The predicted octanol–water partition coefficient (Wildman–Crippen LogP) is 4.70. The van der Waals surface area contributed by atoms with Gasteiger partial charge in [-0.25, -0.2) is 4.98 Å². The number of furan rings is 1. The quantitative estimate of drug-likeness (QED) is 0.640. The number of rotatable bonds is 2. The van der Waals surface area contributed by atoms with Gasteiger partial charge in [0, 0.05) is 23.4 Å². The van der Waals surface area contributed by atoms with Crippen LogP contribution in [0.15, 0.2) is 41.1 Å². The van der Waals surface area contributed by atoms with Crippen LogP contribution in [-0.4, -0.2) is 29.2 Å². The molecule has 2 aromatic heterocycles. The number of nitrogens with zero attached hydrogens (tertiary/aromatic N) is 3. The fourth-order valence-corrected chi connectivity index (χ4v) is 3.61. The van der Waals surface area contributed by atoms with Crippen molar-refractivity contribution in [1.82, 2.24) is 4.98 Å². The topological polar surface area (TPSA) is 29.3 Å². The molecule has 24 heavy (non-hydrogen) atoms. The summed E-state index contributed by atoms with van der Waals surface area (Å²) in [4.78, 5) is 6.91. The molecule has 4 heteroatoms. The highest BCUT2D eigenvalue weighted by molar-refractivity contribution is 6.08. The van der Waals surface area contributed by atoms with Crippen molar-refractivity contribution >= 4 is 27.8 Å². The molecule has 2 atom stereocenters. The molecule has 0 fully saturated rings. The Balaban J connectivity index is 1.97. The summed E-state index contributed by atoms with van der Waals surface area (Å²) in [5.41, 5.74) is 5.01. The molecule has 3 aromatic rings. The molecule has 4 rings (SSSR count). The van der Waals surface area contributed by atoms with Crippen molar-refractivity contribution in [2.45, 2.75) is 33.9 Å². The number of quaternary nitrogens is 1. The van der Waals surface area contributed by atoms with Crippen LogP contribution in [-0.2, 0) is 0 Å². The minimum atomic E-state index is 0.335. The van der Waals surface area contributed by atoms with Crippen molar-refractivity contribution in [3.05, 3.63) is 47.9 Å². The molecule has 0 saturated heterocycles. The first-order valence-corrected chi connectivity index (χ1v) is 8.56. The number of pyridine rings is 1. The number of aryl methyl sites for hydroxylation is 2. The van der Waals surface area contributed by atoms with Gasteiger partial charge in [-0.3, -0.25) is 9.38 Å². The minimum Gasteiger partial charge on any atom is -0.435 e. The Labute approximate surface area is 142 Å². The molecule has 3 heterocycles. The van der Waals surface area contributed by atoms with E-state index in [1.807, 2.05) is 13.0 Å². The number of hydrogen-bond acceptors (Lipinski definition) is 3. The number of hydrogen-bond donors (Lipinski definition) is 0. The first kappa shape index (κ1) is 15.2. The third kappa shape index (κ3) is 1.99. The molecular formula is C20H24N3O+. The fourth-order valence-electron chi connectivity index (χ4n) is 3.61. The van der Waals surface area contributed by atoms with Crippen LogP contribution in [0.1, 0.15) is 25.1 Å². The van der Waals surface area contributed by atoms with Crippen LogP contribution in [0.2, 0.25) is 0 Å². The molecule has 0 spiro atoms. The SMILES string of the molecule is CC[N+]1(C)C=CN(c2c(C)ccc3c2oc2nc(C)ccc23)[C@H]1C. The Hall–Kier alpha value is -2.33. The van der Waals surface area contributed by atoms with E-state index in [-0.39, 0.29) is 0 Å². The second-order valence-corrected chi connectivity index (χ2v) is 7.02. The molecule has 1 aliphatic heterocycles. The van der Waals surface area contributed by atoms with Crippen molar-refractivity contribution < 1.29 is 8.90 Å². The van der Waals surface area contributed by atoms with Gasteiger partial charge in [-0.15, -0.1) is 0 Å². The zero-order valence-corrected chi connectivity index (χ0v) is 15.0. The van der Waals surface area contributed by atoms with Gasteiger partial charge in [-0.1, -0.05) is 12.1 Å². The summed E-state index contributed by atoms with van der Waals surface area (Å²) in [7, 11) is 2.26. The van der Waals surface area contributed by atoms with Crippen LogP contribution in [0.3, 0.4) is 0 Å². The van der Waals surface area contributed by atoms with E-state index >= 15 is 0 Å². The van der Waals surface area contributed by atoms with Gasteiger partial charge >= 0.3 is 0 Å². The Bertz CT molecular complexity index is 972. The smallest absolute Gasteiger partial charge is 0.227 e. The third-order valence-electron chi connectivity index (χ3n) is 5.59. The molecule has 124 valence electrons. The standard InChI is InChI=1S/C20H24N3O/c1-6-23(5)12-11-22(15(23)4)18-13(2)7-9-16-17-10-8-14(3)21-20(17)24-19(16)18/h7-12,15H,6H2,1-5H3/q+1/t15-,23?/m1/s1. The Morgan fingerprint density at radius 3 is 2.62 bits per heavy atom. The highest BCUT2D eigenvalue weighted by atomic mass is 16.3. The van der Waals surface area contributed by atoms with Crippen LogP contribution in [0.4, 0.5) is 5.69 Å². The third-order valence-corrected chi connectivity index (χ3v) is 5.59. The lowest BCUT2D eigenvalue weighted by Crippen LogP contribution is -2.49. The van der Waals surface area contributed by atoms with E-state index in [9.17, 15) is 0 Å². The highest BCUT2D eigenvalue weighted by Gasteiger charge is 2.37. The van der Waals surface area contributed by atoms with Crippen LogP contribution in [0.5, 0.6) is 0 Å². The van der Waals surface area contributed by atoms with E-state index in [0.29, 0.717) is 6.17 Å². The monoisotopic (exact) mass is 322 g/mol. The highest BCUT2D eigenvalue weighted by Crippen LogP contribution is 2.40. The first-order chi connectivity index (χ1) is 11.4. The van der Waals surface area contributed by atoms with Gasteiger partial charge in [0.2, 0.25) is 5.71 Å². The van der Waals surface area contributed by atoms with E-state index < -0.39 is 0 Å². The summed E-state index contributed by atoms with van der Waals surface area (Å²) < 4.78 is 7.11. The lowest BCUT2D eigenvalue weighted by Gasteiger charge is -2.35. The summed E-state index contributed by atoms with van der Waals surface area (Å²) in [5.74, 6) is 0. The van der Waals surface area contributed by atoms with E-state index in [1.165, 1.54) is 5.56 Å². The zero-order chi connectivity index (χ0) is 17.1. The van der Waals surface area contributed by atoms with Crippen LogP contribution < -0.4 is 4.90 Å². The normalized spacial score (nSPS) is 23.7. The maximum Gasteiger partial charge on any atom is 0.227 e. The molecule has 0 radical (unpaired) electrons. The average molecular weight is 322 g/mol. The lowest BCUT2D eigenvalue weighted by atomic mass is 10.1. The lowest BCUT2D eigenvalue weighted by molar-refractivity contribution is -0.874. The molecule has 1 aliphatic rings. The van der Waals surface area contributed by atoms with Gasteiger partial charge in [-0.2, -0.15) is 0 Å². The molecule has 0 bridgehead atoms. The molecule has 1 aromatic carbocycles. The van der Waals surface area contributed by atoms with Crippen molar-refractivity contribution in [3.8, 4) is 0 Å². The van der Waals surface area contributed by atoms with Gasteiger partial charge < -0.3 is 4.42 Å². The van der Waals surface area contributed by atoms with E-state index in [2.05, 4.69) is 68.3 Å². The molecule has 1 unspecified atom stereocenters. The predicted molar refractivity (Wildman–Crippen MR) is 98.8 cm³/mol. The first-order valence-electron chi connectivity index (χ1n) is 8.56. The zero-order valence-electron chi connectivity index (χ0n) is 15.0. The van der Waals surface area contributed by atoms with E-state index in [0.717, 1.165) is 44.5 Å². The largest absolute Gasteiger partial charge is 0.435 e. The number of fused-ring (bicyclic) bond motifs is 3. The van der Waals surface area contributed by atoms with Gasteiger partial charge in [-0.05, 0) is 38.5 Å². The number of aromatic nitrogens is 1. The molecule has 0 aliphatic carbocycles. The maximum atomic E-state index is 6.21. The molecule has 0 N–H and O–H groups in total. The van der Waals surface area contributed by atoms with Gasteiger partial charge in [0.25, 0.3) is 0 Å². The number of anilines is 1. The summed E-state index contributed by atoms with van der Waals surface area (Å²) in [6.45, 7) is 9.70. The molecule has 0 amide bonds. The van der Waals surface area contributed by atoms with E-state index in [1.54, 1.807) is 0 Å². The van der Waals surface area contributed by atoms with Crippen molar-refractivity contribution in [2.24, 2.45) is 0 Å². The van der Waals surface area contributed by atoms with Gasteiger partial charge in [0.05, 0.1) is 25.5 Å². The van der Waals surface area contributed by atoms with Crippen molar-refractivity contribution in [1.29, 1.82) is 0 Å². The Morgan fingerprint density at radius 2 is 1.92 bits per heavy atom. The summed E-state index contributed by atoms with van der Waals surface area (Å²) in [6.07, 6.45) is 4.80. The molecular weight excluding hydrogens is 298 g/mol. The van der Waals surface area contributed by atoms with Gasteiger partial charge in [0.15, 0.2) is 11.7 Å². The Morgan fingerprint density at radius 1 is 1.17 bits per heavy atom. The van der Waals surface area contributed by atoms with Crippen molar-refractivity contribution in [2.75, 3.05) is 18.5 Å². The van der Waals surface area contributed by atoms with Crippen LogP contribution in [0.25, 0.3) is 22.1 Å². The Kier molecular flexibility index (Phi) is 3.22. The maximum absolute atomic E-state index is 6.21. The fraction of sp³-hybridized carbons (Fsp3) is 0.350. The molecule has 0 saturated carbocycles. The van der Waals surface area contributed by atoms with Crippen LogP contribution >= 0.6 is 0 Å². The average Bonchev–Trinajstić information content (AvgIpc) is 3.06. The second-order valence-electron chi connectivity index (χ2n) is 7.02. The van der Waals surface area contributed by atoms with Crippen LogP contribution in [0, 0.1) is 13.8 Å².